The molecule has 3 heterocycles. The maximum Gasteiger partial charge on any atom is 0.264 e. The summed E-state index contributed by atoms with van der Waals surface area (Å²) in [6.45, 7) is 6.61. The number of benzene rings is 2. The molecule has 1 aromatic heterocycles. The monoisotopic (exact) mass is 401 g/mol. The van der Waals surface area contributed by atoms with E-state index in [-0.39, 0.29) is 17.9 Å². The van der Waals surface area contributed by atoms with E-state index in [1.165, 1.54) is 0 Å². The van der Waals surface area contributed by atoms with Gasteiger partial charge in [-0.15, -0.1) is 0 Å². The van der Waals surface area contributed by atoms with Crippen LogP contribution in [0.2, 0.25) is 0 Å². The van der Waals surface area contributed by atoms with Crippen LogP contribution in [0.4, 0.5) is 5.69 Å². The molecule has 0 bridgehead atoms. The fourth-order valence-electron chi connectivity index (χ4n) is 5.36. The van der Waals surface area contributed by atoms with E-state index in [0.29, 0.717) is 13.0 Å². The highest BCUT2D eigenvalue weighted by Gasteiger charge is 2.60. The topological polar surface area (TPSA) is 56.4 Å². The molecule has 0 aliphatic carbocycles. The van der Waals surface area contributed by atoms with Crippen molar-refractivity contribution >= 4 is 28.4 Å². The Bertz CT molecular complexity index is 1160. The fourth-order valence-corrected chi connectivity index (χ4v) is 5.36. The summed E-state index contributed by atoms with van der Waals surface area (Å²) in [6, 6.07) is 16.1. The van der Waals surface area contributed by atoms with Crippen LogP contribution in [-0.2, 0) is 21.5 Å². The number of aromatic amines is 1. The number of para-hydroxylation sites is 2. The second kappa shape index (κ2) is 6.73. The Morgan fingerprint density at radius 2 is 1.87 bits per heavy atom. The third-order valence-electron chi connectivity index (χ3n) is 6.53. The molecule has 2 aliphatic rings. The molecule has 5 rings (SSSR count). The molecule has 2 amide bonds. The molecule has 3 aromatic rings. The summed E-state index contributed by atoms with van der Waals surface area (Å²) in [5, 5.41) is 1.14. The van der Waals surface area contributed by atoms with Gasteiger partial charge in [-0.1, -0.05) is 43.3 Å². The number of H-pyrrole nitrogens is 1. The molecule has 0 saturated carbocycles. The summed E-state index contributed by atoms with van der Waals surface area (Å²) < 4.78 is 0. The zero-order chi connectivity index (χ0) is 21.0. The molecule has 30 heavy (non-hydrogen) atoms. The van der Waals surface area contributed by atoms with Crippen molar-refractivity contribution < 1.29 is 9.59 Å². The van der Waals surface area contributed by atoms with Gasteiger partial charge in [0.15, 0.2) is 5.54 Å². The largest absolute Gasteiger partial charge is 0.355 e. The third-order valence-corrected chi connectivity index (χ3v) is 6.53. The van der Waals surface area contributed by atoms with Crippen molar-refractivity contribution in [1.82, 2.24) is 9.88 Å². The Balaban J connectivity index is 1.86. The van der Waals surface area contributed by atoms with E-state index in [9.17, 15) is 9.59 Å². The van der Waals surface area contributed by atoms with Crippen LogP contribution >= 0.6 is 0 Å². The lowest BCUT2D eigenvalue weighted by molar-refractivity contribution is -0.145. The van der Waals surface area contributed by atoms with Gasteiger partial charge in [-0.05, 0) is 44.4 Å². The number of rotatable bonds is 3. The van der Waals surface area contributed by atoms with Gasteiger partial charge < -0.3 is 14.8 Å². The lowest BCUT2D eigenvalue weighted by atomic mass is 9.79. The number of hydrogen-bond acceptors (Lipinski definition) is 2. The summed E-state index contributed by atoms with van der Waals surface area (Å²) >= 11 is 0. The van der Waals surface area contributed by atoms with Crippen molar-refractivity contribution in [2.24, 2.45) is 0 Å². The molecule has 0 fully saturated rings. The van der Waals surface area contributed by atoms with Crippen LogP contribution in [0.1, 0.15) is 50.4 Å². The Labute approximate surface area is 176 Å². The van der Waals surface area contributed by atoms with Gasteiger partial charge in [0.05, 0.1) is 11.4 Å². The van der Waals surface area contributed by atoms with Crippen molar-refractivity contribution in [3.05, 3.63) is 65.4 Å². The minimum atomic E-state index is -1.13. The number of fused-ring (bicyclic) bond motifs is 6. The lowest BCUT2D eigenvalue weighted by Gasteiger charge is -2.44. The van der Waals surface area contributed by atoms with E-state index in [0.717, 1.165) is 46.3 Å². The molecule has 0 saturated heterocycles. The second-order valence-electron chi connectivity index (χ2n) is 8.57. The molecule has 5 heteroatoms. The highest BCUT2D eigenvalue weighted by atomic mass is 16.2. The quantitative estimate of drug-likeness (QED) is 0.709. The summed E-state index contributed by atoms with van der Waals surface area (Å²) in [5.41, 5.74) is 3.71. The Kier molecular flexibility index (Phi) is 4.24. The Morgan fingerprint density at radius 1 is 1.13 bits per heavy atom. The standard InChI is InChI=1S/C25H27N3O2/c1-4-9-22(29)27-15-14-18-17-10-5-7-12-20(17)26-23(18)25(27)19-11-6-8-13-21(19)28(16(2)3)24(25)30/h5-8,10-13,16,26H,4,9,14-15H2,1-3H3/t25-/m0/s1. The van der Waals surface area contributed by atoms with Gasteiger partial charge in [0, 0.05) is 35.5 Å². The number of amides is 2. The molecule has 154 valence electrons. The SMILES string of the molecule is CCCC(=O)N1CCc2c([nH]c3ccccc23)[C@@]12C(=O)N(C(C)C)c1ccccc12. The highest BCUT2D eigenvalue weighted by Crippen LogP contribution is 2.52. The van der Waals surface area contributed by atoms with Gasteiger partial charge in [-0.2, -0.15) is 0 Å². The number of carbonyl (C=O) groups excluding carboxylic acids is 2. The Morgan fingerprint density at radius 3 is 2.63 bits per heavy atom. The second-order valence-corrected chi connectivity index (χ2v) is 8.57. The molecule has 0 radical (unpaired) electrons. The van der Waals surface area contributed by atoms with Crippen LogP contribution in [-0.4, -0.2) is 34.3 Å². The van der Waals surface area contributed by atoms with E-state index in [2.05, 4.69) is 11.1 Å². The molecule has 2 aliphatic heterocycles. The Hall–Kier alpha value is -3.08. The lowest BCUT2D eigenvalue weighted by Crippen LogP contribution is -2.59. The first-order valence-corrected chi connectivity index (χ1v) is 10.9. The molecule has 5 nitrogen and oxygen atoms in total. The van der Waals surface area contributed by atoms with Gasteiger partial charge in [0.2, 0.25) is 5.91 Å². The smallest absolute Gasteiger partial charge is 0.264 e. The van der Waals surface area contributed by atoms with Crippen LogP contribution in [0, 0.1) is 0 Å². The maximum atomic E-state index is 14.3. The van der Waals surface area contributed by atoms with Gasteiger partial charge in [0.1, 0.15) is 0 Å². The maximum absolute atomic E-state index is 14.3. The van der Waals surface area contributed by atoms with Crippen LogP contribution in [0.5, 0.6) is 0 Å². The molecule has 1 spiro atoms. The molecular weight excluding hydrogens is 374 g/mol. The van der Waals surface area contributed by atoms with Crippen molar-refractivity contribution in [2.45, 2.75) is 51.6 Å². The molecule has 0 unspecified atom stereocenters. The fraction of sp³-hybridized carbons (Fsp3) is 0.360. The summed E-state index contributed by atoms with van der Waals surface area (Å²) in [7, 11) is 0. The summed E-state index contributed by atoms with van der Waals surface area (Å²) in [5.74, 6) is 0.00576. The number of hydrogen-bond donors (Lipinski definition) is 1. The van der Waals surface area contributed by atoms with E-state index in [4.69, 9.17) is 0 Å². The third kappa shape index (κ3) is 2.29. The predicted octanol–water partition coefficient (Wildman–Crippen LogP) is 4.35. The van der Waals surface area contributed by atoms with E-state index in [1.54, 1.807) is 0 Å². The zero-order valence-corrected chi connectivity index (χ0v) is 17.7. The van der Waals surface area contributed by atoms with Gasteiger partial charge >= 0.3 is 0 Å². The summed E-state index contributed by atoms with van der Waals surface area (Å²) in [6.07, 6.45) is 1.94. The van der Waals surface area contributed by atoms with Crippen LogP contribution in [0.15, 0.2) is 48.5 Å². The summed E-state index contributed by atoms with van der Waals surface area (Å²) in [4.78, 5) is 34.9. The van der Waals surface area contributed by atoms with Crippen molar-refractivity contribution in [3.63, 3.8) is 0 Å². The first-order valence-electron chi connectivity index (χ1n) is 10.9. The first kappa shape index (κ1) is 18.9. The minimum absolute atomic E-state index is 0.00379. The van der Waals surface area contributed by atoms with Gasteiger partial charge in [-0.3, -0.25) is 9.59 Å². The zero-order valence-electron chi connectivity index (χ0n) is 17.7. The minimum Gasteiger partial charge on any atom is -0.355 e. The van der Waals surface area contributed by atoms with Crippen LogP contribution < -0.4 is 4.90 Å². The average molecular weight is 402 g/mol. The number of aromatic nitrogens is 1. The molecule has 2 aromatic carbocycles. The normalized spacial score (nSPS) is 20.3. The van der Waals surface area contributed by atoms with Crippen molar-refractivity contribution in [3.8, 4) is 0 Å². The van der Waals surface area contributed by atoms with E-state index >= 15 is 0 Å². The molecule has 1 N–H and O–H groups in total. The van der Waals surface area contributed by atoms with Gasteiger partial charge in [-0.25, -0.2) is 0 Å². The predicted molar refractivity (Wildman–Crippen MR) is 118 cm³/mol. The van der Waals surface area contributed by atoms with Crippen molar-refractivity contribution in [1.29, 1.82) is 0 Å². The van der Waals surface area contributed by atoms with Crippen LogP contribution in [0.25, 0.3) is 10.9 Å². The highest BCUT2D eigenvalue weighted by molar-refractivity contribution is 6.13. The molecule has 1 atom stereocenters. The molecular formula is C25H27N3O2. The number of nitrogens with zero attached hydrogens (tertiary/aromatic N) is 2. The number of anilines is 1. The van der Waals surface area contributed by atoms with E-state index in [1.807, 2.05) is 73.0 Å². The number of nitrogens with one attached hydrogen (secondary N) is 1. The van der Waals surface area contributed by atoms with Crippen LogP contribution in [0.3, 0.4) is 0 Å². The van der Waals surface area contributed by atoms with E-state index < -0.39 is 5.54 Å². The van der Waals surface area contributed by atoms with Gasteiger partial charge in [0.25, 0.3) is 5.91 Å². The average Bonchev–Trinajstić information content (AvgIpc) is 3.23. The van der Waals surface area contributed by atoms with Crippen molar-refractivity contribution in [2.75, 3.05) is 11.4 Å². The number of carbonyl (C=O) groups is 2. The first-order chi connectivity index (χ1) is 14.5.